The number of nitrogens with two attached hydrogens (primary N) is 1. The van der Waals surface area contributed by atoms with Gasteiger partial charge in [-0.1, -0.05) is 0 Å². The van der Waals surface area contributed by atoms with E-state index >= 15 is 0 Å². The summed E-state index contributed by atoms with van der Waals surface area (Å²) in [4.78, 5) is 16.8. The molecule has 0 aromatic carbocycles. The third-order valence-corrected chi connectivity index (χ3v) is 2.09. The van der Waals surface area contributed by atoms with Crippen LogP contribution in [0.5, 0.6) is 0 Å². The third-order valence-electron chi connectivity index (χ3n) is 1.01. The SMILES string of the molecule is CC(O)CC(N)P(=O)(O)O. The molecular formula is C4H12NO4P. The molecule has 0 spiro atoms. The van der Waals surface area contributed by atoms with Crippen molar-refractivity contribution >= 4 is 7.60 Å². The molecule has 0 heterocycles. The highest BCUT2D eigenvalue weighted by Gasteiger charge is 2.25. The molecule has 0 aromatic rings. The summed E-state index contributed by atoms with van der Waals surface area (Å²) in [5.41, 5.74) is 5.03. The first-order chi connectivity index (χ1) is 4.34. The Kier molecular flexibility index (Phi) is 3.48. The predicted octanol–water partition coefficient (Wildman–Crippen LogP) is -0.780. The Morgan fingerprint density at radius 2 is 2.00 bits per heavy atom. The molecule has 0 fully saturated rings. The first-order valence-corrected chi connectivity index (χ1v) is 4.51. The van der Waals surface area contributed by atoms with Gasteiger partial charge in [-0.15, -0.1) is 0 Å². The van der Waals surface area contributed by atoms with Gasteiger partial charge in [0, 0.05) is 0 Å². The summed E-state index contributed by atoms with van der Waals surface area (Å²) in [6.07, 6.45) is -0.854. The molecule has 0 radical (unpaired) electrons. The van der Waals surface area contributed by atoms with E-state index in [0.717, 1.165) is 0 Å². The van der Waals surface area contributed by atoms with Gasteiger partial charge in [0.1, 0.15) is 5.78 Å². The van der Waals surface area contributed by atoms with Crippen LogP contribution < -0.4 is 5.73 Å². The van der Waals surface area contributed by atoms with Crippen LogP contribution in [-0.4, -0.2) is 26.8 Å². The Morgan fingerprint density at radius 1 is 1.60 bits per heavy atom. The van der Waals surface area contributed by atoms with Crippen molar-refractivity contribution in [3.05, 3.63) is 0 Å². The van der Waals surface area contributed by atoms with Crippen molar-refractivity contribution in [1.82, 2.24) is 0 Å². The van der Waals surface area contributed by atoms with Gasteiger partial charge in [-0.25, -0.2) is 0 Å². The van der Waals surface area contributed by atoms with Crippen molar-refractivity contribution in [3.8, 4) is 0 Å². The van der Waals surface area contributed by atoms with Gasteiger partial charge in [-0.2, -0.15) is 0 Å². The van der Waals surface area contributed by atoms with E-state index < -0.39 is 19.5 Å². The molecule has 0 bridgehead atoms. The fourth-order valence-corrected chi connectivity index (χ4v) is 1.07. The van der Waals surface area contributed by atoms with Crippen molar-refractivity contribution in [3.63, 3.8) is 0 Å². The Hall–Kier alpha value is 0.0700. The Morgan fingerprint density at radius 3 is 2.10 bits per heavy atom. The second-order valence-electron chi connectivity index (χ2n) is 2.24. The van der Waals surface area contributed by atoms with E-state index in [-0.39, 0.29) is 6.42 Å². The minimum absolute atomic E-state index is 0.0791. The highest BCUT2D eigenvalue weighted by molar-refractivity contribution is 7.52. The molecule has 2 atom stereocenters. The van der Waals surface area contributed by atoms with Crippen molar-refractivity contribution in [2.24, 2.45) is 5.73 Å². The molecule has 0 aliphatic carbocycles. The average molecular weight is 169 g/mol. The molecule has 10 heavy (non-hydrogen) atoms. The van der Waals surface area contributed by atoms with E-state index in [1.807, 2.05) is 0 Å². The molecule has 0 aromatic heterocycles. The maximum absolute atomic E-state index is 10.3. The van der Waals surface area contributed by atoms with E-state index in [1.54, 1.807) is 0 Å². The van der Waals surface area contributed by atoms with Crippen LogP contribution in [0.25, 0.3) is 0 Å². The highest BCUT2D eigenvalue weighted by Crippen LogP contribution is 2.39. The molecule has 6 heteroatoms. The Bertz CT molecular complexity index is 142. The average Bonchev–Trinajstić information content (AvgIpc) is 1.60. The second kappa shape index (κ2) is 3.46. The lowest BCUT2D eigenvalue weighted by molar-refractivity contribution is 0.178. The zero-order valence-electron chi connectivity index (χ0n) is 5.64. The largest absolute Gasteiger partial charge is 0.393 e. The summed E-state index contributed by atoms with van der Waals surface area (Å²) in [5.74, 6) is -1.24. The zero-order chi connectivity index (χ0) is 8.36. The smallest absolute Gasteiger partial charge is 0.342 e. The van der Waals surface area contributed by atoms with Crippen LogP contribution in [-0.2, 0) is 4.57 Å². The van der Waals surface area contributed by atoms with Crippen molar-refractivity contribution in [1.29, 1.82) is 0 Å². The van der Waals surface area contributed by atoms with Crippen LogP contribution in [0.4, 0.5) is 0 Å². The third kappa shape index (κ3) is 3.98. The molecular weight excluding hydrogens is 157 g/mol. The number of hydrogen-bond acceptors (Lipinski definition) is 3. The maximum atomic E-state index is 10.3. The van der Waals surface area contributed by atoms with Crippen molar-refractivity contribution in [2.75, 3.05) is 0 Å². The fraction of sp³-hybridized carbons (Fsp3) is 1.00. The van der Waals surface area contributed by atoms with Crippen LogP contribution in [0.2, 0.25) is 0 Å². The molecule has 0 amide bonds. The van der Waals surface area contributed by atoms with E-state index in [9.17, 15) is 4.57 Å². The highest BCUT2D eigenvalue weighted by atomic mass is 31.2. The summed E-state index contributed by atoms with van der Waals surface area (Å²) < 4.78 is 10.3. The van der Waals surface area contributed by atoms with Crippen molar-refractivity contribution < 1.29 is 19.5 Å². The van der Waals surface area contributed by atoms with Gasteiger partial charge in [-0.05, 0) is 13.3 Å². The lowest BCUT2D eigenvalue weighted by Gasteiger charge is -2.14. The van der Waals surface area contributed by atoms with Crippen LogP contribution >= 0.6 is 7.60 Å². The number of aliphatic hydroxyl groups excluding tert-OH is 1. The molecule has 0 aliphatic rings. The molecule has 62 valence electrons. The minimum Gasteiger partial charge on any atom is -0.393 e. The minimum atomic E-state index is -4.19. The van der Waals surface area contributed by atoms with Gasteiger partial charge in [0.25, 0.3) is 0 Å². The summed E-state index contributed by atoms with van der Waals surface area (Å²) in [6.45, 7) is 1.43. The first-order valence-electron chi connectivity index (χ1n) is 2.83. The van der Waals surface area contributed by atoms with E-state index in [1.165, 1.54) is 6.92 Å². The van der Waals surface area contributed by atoms with Gasteiger partial charge in [0.15, 0.2) is 0 Å². The van der Waals surface area contributed by atoms with Crippen LogP contribution in [0.3, 0.4) is 0 Å². The summed E-state index contributed by atoms with van der Waals surface area (Å²) >= 11 is 0. The van der Waals surface area contributed by atoms with Gasteiger partial charge in [0.05, 0.1) is 6.10 Å². The monoisotopic (exact) mass is 169 g/mol. The van der Waals surface area contributed by atoms with Crippen LogP contribution in [0, 0.1) is 0 Å². The van der Waals surface area contributed by atoms with Gasteiger partial charge in [0.2, 0.25) is 0 Å². The fourth-order valence-electron chi connectivity index (χ4n) is 0.487. The Labute approximate surface area is 59.0 Å². The first kappa shape index (κ1) is 10.1. The number of hydrogen-bond donors (Lipinski definition) is 4. The molecule has 0 aliphatic heterocycles. The van der Waals surface area contributed by atoms with Crippen LogP contribution in [0.1, 0.15) is 13.3 Å². The number of aliphatic hydroxyl groups is 1. The maximum Gasteiger partial charge on any atom is 0.342 e. The lowest BCUT2D eigenvalue weighted by Crippen LogP contribution is -2.24. The summed E-state index contributed by atoms with van der Waals surface area (Å²) in [6, 6.07) is 0. The topological polar surface area (TPSA) is 104 Å². The lowest BCUT2D eigenvalue weighted by atomic mass is 10.3. The molecule has 2 unspecified atom stereocenters. The number of rotatable bonds is 3. The van der Waals surface area contributed by atoms with E-state index in [0.29, 0.717) is 0 Å². The second-order valence-corrected chi connectivity index (χ2v) is 4.08. The quantitative estimate of drug-likeness (QED) is 0.415. The van der Waals surface area contributed by atoms with Crippen LogP contribution in [0.15, 0.2) is 0 Å². The van der Waals surface area contributed by atoms with E-state index in [2.05, 4.69) is 0 Å². The van der Waals surface area contributed by atoms with Gasteiger partial charge >= 0.3 is 7.60 Å². The zero-order valence-corrected chi connectivity index (χ0v) is 6.53. The van der Waals surface area contributed by atoms with E-state index in [4.69, 9.17) is 20.6 Å². The molecule has 5 N–H and O–H groups in total. The van der Waals surface area contributed by atoms with Crippen molar-refractivity contribution in [2.45, 2.75) is 25.2 Å². The molecule has 0 rings (SSSR count). The predicted molar refractivity (Wildman–Crippen MR) is 36.3 cm³/mol. The molecule has 5 nitrogen and oxygen atoms in total. The van der Waals surface area contributed by atoms with Gasteiger partial charge in [-0.3, -0.25) is 4.57 Å². The molecule has 0 saturated heterocycles. The summed E-state index contributed by atoms with van der Waals surface area (Å²) in [5, 5.41) is 8.66. The standard InChI is InChI=1S/C4H12NO4P/c1-3(6)2-4(5)10(7,8)9/h3-4,6H,2,5H2,1H3,(H2,7,8,9). The normalized spacial score (nSPS) is 18.5. The van der Waals surface area contributed by atoms with Gasteiger partial charge < -0.3 is 20.6 Å². The molecule has 0 saturated carbocycles. The Balaban J connectivity index is 3.86. The summed E-state index contributed by atoms with van der Waals surface area (Å²) in [7, 11) is -4.19.